The Morgan fingerprint density at radius 2 is 1.64 bits per heavy atom. The number of nitrogens with one attached hydrogen (secondary N) is 1. The number of hydrogen-bond acceptors (Lipinski definition) is 4. The maximum atomic E-state index is 13.7. The Kier molecular flexibility index (Phi) is 10.9. The van der Waals surface area contributed by atoms with E-state index in [2.05, 4.69) is 21.2 Å². The van der Waals surface area contributed by atoms with Gasteiger partial charge in [0.15, 0.2) is 0 Å². The highest BCUT2D eigenvalue weighted by Gasteiger charge is 2.30. The monoisotopic (exact) mass is 568 g/mol. The fraction of sp³-hybridized carbons (Fsp3) is 0.310. The lowest BCUT2D eigenvalue weighted by Crippen LogP contribution is -2.52. The Morgan fingerprint density at radius 3 is 2.31 bits per heavy atom. The molecule has 2 amide bonds. The van der Waals surface area contributed by atoms with E-state index in [0.717, 1.165) is 26.9 Å². The molecule has 0 heterocycles. The summed E-state index contributed by atoms with van der Waals surface area (Å²) in [4.78, 5) is 28.8. The van der Waals surface area contributed by atoms with Gasteiger partial charge in [0, 0.05) is 29.2 Å². The summed E-state index contributed by atoms with van der Waals surface area (Å²) < 4.78 is 6.41. The van der Waals surface area contributed by atoms with E-state index >= 15 is 0 Å². The highest BCUT2D eigenvalue weighted by molar-refractivity contribution is 9.10. The summed E-state index contributed by atoms with van der Waals surface area (Å²) >= 11 is 5.01. The predicted molar refractivity (Wildman–Crippen MR) is 151 cm³/mol. The Bertz CT molecular complexity index is 1120. The number of carbonyl (C=O) groups is 2. The molecule has 0 aromatic heterocycles. The fourth-order valence-corrected chi connectivity index (χ4v) is 4.96. The van der Waals surface area contributed by atoms with Crippen LogP contribution >= 0.6 is 27.7 Å². The third-order valence-electron chi connectivity index (χ3n) is 5.60. The third-order valence-corrected chi connectivity index (χ3v) is 7.11. The number of thioether (sulfide) groups is 1. The van der Waals surface area contributed by atoms with Gasteiger partial charge in [-0.15, -0.1) is 11.8 Å². The summed E-state index contributed by atoms with van der Waals surface area (Å²) in [5.41, 5.74) is 3.07. The quantitative estimate of drug-likeness (QED) is 0.297. The molecular weight excluding hydrogens is 536 g/mol. The second kappa shape index (κ2) is 14.1. The van der Waals surface area contributed by atoms with Crippen molar-refractivity contribution in [1.29, 1.82) is 0 Å². The van der Waals surface area contributed by atoms with Crippen molar-refractivity contribution in [2.24, 2.45) is 0 Å². The van der Waals surface area contributed by atoms with E-state index in [-0.39, 0.29) is 23.6 Å². The lowest BCUT2D eigenvalue weighted by molar-refractivity contribution is -0.139. The molecule has 0 aliphatic carbocycles. The smallest absolute Gasteiger partial charge is 0.243 e. The second-order valence-corrected chi connectivity index (χ2v) is 10.8. The van der Waals surface area contributed by atoms with E-state index in [0.29, 0.717) is 18.7 Å². The predicted octanol–water partition coefficient (Wildman–Crippen LogP) is 5.86. The van der Waals surface area contributed by atoms with Crippen LogP contribution < -0.4 is 10.1 Å². The van der Waals surface area contributed by atoms with E-state index in [1.165, 1.54) is 0 Å². The summed E-state index contributed by atoms with van der Waals surface area (Å²) in [6, 6.07) is 24.9. The average Bonchev–Trinajstić information content (AvgIpc) is 2.87. The van der Waals surface area contributed by atoms with Gasteiger partial charge in [0.2, 0.25) is 11.8 Å². The van der Waals surface area contributed by atoms with Gasteiger partial charge >= 0.3 is 0 Å². The van der Waals surface area contributed by atoms with Crippen LogP contribution in [0, 0.1) is 0 Å². The van der Waals surface area contributed by atoms with Crippen molar-refractivity contribution >= 4 is 39.5 Å². The van der Waals surface area contributed by atoms with E-state index in [9.17, 15) is 9.59 Å². The zero-order valence-corrected chi connectivity index (χ0v) is 23.3. The van der Waals surface area contributed by atoms with Gasteiger partial charge in [-0.2, -0.15) is 0 Å². The molecule has 1 N–H and O–H groups in total. The lowest BCUT2D eigenvalue weighted by Gasteiger charge is -2.32. The molecule has 3 rings (SSSR count). The van der Waals surface area contributed by atoms with E-state index < -0.39 is 6.04 Å². The first-order chi connectivity index (χ1) is 17.4. The van der Waals surface area contributed by atoms with Crippen molar-refractivity contribution in [1.82, 2.24) is 10.2 Å². The molecule has 0 bridgehead atoms. The zero-order valence-electron chi connectivity index (χ0n) is 20.9. The summed E-state index contributed by atoms with van der Waals surface area (Å²) in [6.45, 7) is 4.18. The molecule has 0 unspecified atom stereocenters. The second-order valence-electron chi connectivity index (χ2n) is 8.86. The lowest BCUT2D eigenvalue weighted by atomic mass is 10.0. The molecule has 3 aromatic rings. The van der Waals surface area contributed by atoms with Crippen molar-refractivity contribution < 1.29 is 14.3 Å². The molecule has 0 spiro atoms. The molecule has 0 aliphatic heterocycles. The van der Waals surface area contributed by atoms with Crippen molar-refractivity contribution in [3.63, 3.8) is 0 Å². The van der Waals surface area contributed by atoms with Gasteiger partial charge in [0.25, 0.3) is 0 Å². The van der Waals surface area contributed by atoms with Crippen LogP contribution in [0.5, 0.6) is 5.75 Å². The molecule has 0 fully saturated rings. The van der Waals surface area contributed by atoms with Gasteiger partial charge in [-0.1, -0.05) is 70.5 Å². The highest BCUT2D eigenvalue weighted by Crippen LogP contribution is 2.21. The first-order valence-electron chi connectivity index (χ1n) is 11.9. The Hall–Kier alpha value is -2.77. The molecule has 0 saturated heterocycles. The summed E-state index contributed by atoms with van der Waals surface area (Å²) in [5.74, 6) is 1.49. The van der Waals surface area contributed by atoms with E-state index in [1.54, 1.807) is 23.8 Å². The Balaban J connectivity index is 1.85. The molecule has 0 aliphatic rings. The number of methoxy groups -OCH3 is 1. The van der Waals surface area contributed by atoms with Gasteiger partial charge in [0.05, 0.1) is 12.9 Å². The number of hydrogen-bond donors (Lipinski definition) is 1. The molecule has 190 valence electrons. The molecular formula is C29H33BrN2O3S. The van der Waals surface area contributed by atoms with E-state index in [4.69, 9.17) is 4.74 Å². The summed E-state index contributed by atoms with van der Waals surface area (Å²) in [7, 11) is 1.62. The average molecular weight is 570 g/mol. The minimum Gasteiger partial charge on any atom is -0.497 e. The van der Waals surface area contributed by atoms with Crippen LogP contribution in [-0.2, 0) is 28.3 Å². The topological polar surface area (TPSA) is 58.6 Å². The SMILES string of the molecule is COc1cccc(CN(C(=O)CSCc2ccc(Br)cc2)[C@H](Cc2ccccc2)C(=O)NC(C)C)c1. The Labute approximate surface area is 226 Å². The number of benzene rings is 3. The highest BCUT2D eigenvalue weighted by atomic mass is 79.9. The minimum atomic E-state index is -0.637. The standard InChI is InChI=1S/C29H33BrN2O3S/c1-21(2)31-29(34)27(17-22-8-5-4-6-9-22)32(18-24-10-7-11-26(16-24)35-3)28(33)20-36-19-23-12-14-25(30)15-13-23/h4-16,21,27H,17-20H2,1-3H3,(H,31,34)/t27-/m1/s1. The van der Waals surface area contributed by atoms with Crippen LogP contribution in [0.4, 0.5) is 0 Å². The summed E-state index contributed by atoms with van der Waals surface area (Å²) in [5, 5.41) is 3.03. The van der Waals surface area contributed by atoms with Gasteiger partial charge in [-0.25, -0.2) is 0 Å². The number of ether oxygens (including phenoxy) is 1. The third kappa shape index (κ3) is 8.71. The summed E-state index contributed by atoms with van der Waals surface area (Å²) in [6.07, 6.45) is 0.437. The molecule has 0 saturated carbocycles. The fourth-order valence-electron chi connectivity index (χ4n) is 3.82. The van der Waals surface area contributed by atoms with Crippen LogP contribution in [-0.4, -0.2) is 41.7 Å². The number of carbonyl (C=O) groups excluding carboxylic acids is 2. The Morgan fingerprint density at radius 1 is 0.944 bits per heavy atom. The largest absolute Gasteiger partial charge is 0.497 e. The van der Waals surface area contributed by atoms with Gasteiger partial charge in [0.1, 0.15) is 11.8 Å². The number of nitrogens with zero attached hydrogens (tertiary/aromatic N) is 1. The van der Waals surface area contributed by atoms with Crippen LogP contribution in [0.15, 0.2) is 83.3 Å². The van der Waals surface area contributed by atoms with Crippen LogP contribution in [0.25, 0.3) is 0 Å². The van der Waals surface area contributed by atoms with Gasteiger partial charge in [-0.3, -0.25) is 9.59 Å². The molecule has 3 aromatic carbocycles. The maximum absolute atomic E-state index is 13.7. The van der Waals surface area contributed by atoms with E-state index in [1.807, 2.05) is 92.7 Å². The van der Waals surface area contributed by atoms with Crippen molar-refractivity contribution in [3.05, 3.63) is 100 Å². The van der Waals surface area contributed by atoms with Crippen molar-refractivity contribution in [2.45, 2.75) is 44.6 Å². The van der Waals surface area contributed by atoms with Crippen LogP contribution in [0.2, 0.25) is 0 Å². The first kappa shape index (κ1) is 27.8. The molecule has 36 heavy (non-hydrogen) atoms. The van der Waals surface area contributed by atoms with Crippen molar-refractivity contribution in [3.8, 4) is 5.75 Å². The van der Waals surface area contributed by atoms with Gasteiger partial charge < -0.3 is 15.0 Å². The van der Waals surface area contributed by atoms with Gasteiger partial charge in [-0.05, 0) is 54.8 Å². The number of amides is 2. The molecule has 1 atom stereocenters. The number of halogens is 1. The van der Waals surface area contributed by atoms with Crippen LogP contribution in [0.3, 0.4) is 0 Å². The van der Waals surface area contributed by atoms with Crippen molar-refractivity contribution in [2.75, 3.05) is 12.9 Å². The molecule has 0 radical (unpaired) electrons. The minimum absolute atomic E-state index is 0.0312. The molecule has 7 heteroatoms. The zero-order chi connectivity index (χ0) is 25.9. The van der Waals surface area contributed by atoms with Crippen LogP contribution in [0.1, 0.15) is 30.5 Å². The maximum Gasteiger partial charge on any atom is 0.243 e. The normalized spacial score (nSPS) is 11.7. The molecule has 5 nitrogen and oxygen atoms in total. The first-order valence-corrected chi connectivity index (χ1v) is 13.9. The number of rotatable bonds is 12.